The van der Waals surface area contributed by atoms with E-state index in [1.807, 2.05) is 84.9 Å². The van der Waals surface area contributed by atoms with Crippen molar-refractivity contribution in [2.24, 2.45) is 0 Å². The predicted octanol–water partition coefficient (Wildman–Crippen LogP) is 5.08. The lowest BCUT2D eigenvalue weighted by molar-refractivity contribution is 0.593. The van der Waals surface area contributed by atoms with Gasteiger partial charge in [-0.25, -0.2) is 0 Å². The van der Waals surface area contributed by atoms with E-state index in [0.717, 1.165) is 27.1 Å². The highest BCUT2D eigenvalue weighted by molar-refractivity contribution is 7.88. The molecule has 3 heteroatoms. The SMILES string of the molecule is O=P1(c2ccccc2)C(c2ccccc2)=C(Cl)c2ccccc21. The molecule has 23 heavy (non-hydrogen) atoms. The van der Waals surface area contributed by atoms with Gasteiger partial charge < -0.3 is 4.57 Å². The minimum Gasteiger partial charge on any atom is -0.309 e. The van der Waals surface area contributed by atoms with Crippen molar-refractivity contribution in [1.82, 2.24) is 0 Å². The molecular formula is C20H14ClOP. The molecule has 0 bridgehead atoms. The average Bonchev–Trinajstić information content (AvgIpc) is 2.86. The summed E-state index contributed by atoms with van der Waals surface area (Å²) in [6, 6.07) is 27.2. The van der Waals surface area contributed by atoms with Gasteiger partial charge in [-0.3, -0.25) is 0 Å². The Morgan fingerprint density at radius 2 is 1.26 bits per heavy atom. The number of fused-ring (bicyclic) bond motifs is 1. The van der Waals surface area contributed by atoms with Crippen LogP contribution in [-0.2, 0) is 4.57 Å². The third-order valence-corrected chi connectivity index (χ3v) is 7.90. The topological polar surface area (TPSA) is 17.1 Å². The fraction of sp³-hybridized carbons (Fsp3) is 0. The molecule has 0 N–H and O–H groups in total. The van der Waals surface area contributed by atoms with Crippen LogP contribution in [0.25, 0.3) is 10.3 Å². The molecule has 1 atom stereocenters. The number of benzene rings is 3. The van der Waals surface area contributed by atoms with Gasteiger partial charge in [0.25, 0.3) is 0 Å². The molecule has 0 fully saturated rings. The Bertz CT molecular complexity index is 946. The largest absolute Gasteiger partial charge is 0.309 e. The molecule has 1 unspecified atom stereocenters. The first-order valence-corrected chi connectivity index (χ1v) is 9.53. The van der Waals surface area contributed by atoms with E-state index in [1.165, 1.54) is 0 Å². The number of halogens is 1. The van der Waals surface area contributed by atoms with Crippen molar-refractivity contribution in [3.8, 4) is 0 Å². The Morgan fingerprint density at radius 1 is 0.696 bits per heavy atom. The van der Waals surface area contributed by atoms with Gasteiger partial charge in [-0.05, 0) is 5.56 Å². The van der Waals surface area contributed by atoms with Crippen molar-refractivity contribution in [3.63, 3.8) is 0 Å². The maximum absolute atomic E-state index is 14.2. The number of rotatable bonds is 2. The van der Waals surface area contributed by atoms with Gasteiger partial charge in [-0.1, -0.05) is 96.5 Å². The molecule has 3 aromatic carbocycles. The second-order valence-electron chi connectivity index (χ2n) is 5.49. The van der Waals surface area contributed by atoms with Crippen molar-refractivity contribution in [1.29, 1.82) is 0 Å². The molecule has 0 saturated carbocycles. The molecule has 0 radical (unpaired) electrons. The van der Waals surface area contributed by atoms with Crippen molar-refractivity contribution in [2.75, 3.05) is 0 Å². The predicted molar refractivity (Wildman–Crippen MR) is 98.9 cm³/mol. The highest BCUT2D eigenvalue weighted by Crippen LogP contribution is 2.64. The van der Waals surface area contributed by atoms with Gasteiger partial charge in [0.05, 0.1) is 5.03 Å². The second-order valence-corrected chi connectivity index (χ2v) is 8.53. The maximum Gasteiger partial charge on any atom is 0.173 e. The zero-order chi connectivity index (χ0) is 15.9. The summed E-state index contributed by atoms with van der Waals surface area (Å²) < 4.78 is 14.2. The van der Waals surface area contributed by atoms with Crippen LogP contribution in [0.15, 0.2) is 84.9 Å². The monoisotopic (exact) mass is 336 g/mol. The molecule has 0 saturated heterocycles. The minimum absolute atomic E-state index is 0.596. The summed E-state index contributed by atoms with van der Waals surface area (Å²) in [5.74, 6) is 0. The van der Waals surface area contributed by atoms with E-state index in [-0.39, 0.29) is 0 Å². The standard InChI is InChI=1S/C20H14ClOP/c21-19-17-13-7-8-14-18(17)23(22,16-11-5-2-6-12-16)20(19)15-9-3-1-4-10-15/h1-14H. The van der Waals surface area contributed by atoms with Gasteiger partial charge in [-0.15, -0.1) is 0 Å². The average molecular weight is 337 g/mol. The van der Waals surface area contributed by atoms with Crippen LogP contribution in [-0.4, -0.2) is 0 Å². The Labute approximate surface area is 140 Å². The second kappa shape index (κ2) is 5.53. The molecule has 0 aromatic heterocycles. The van der Waals surface area contributed by atoms with Gasteiger partial charge in [0, 0.05) is 21.5 Å². The fourth-order valence-electron chi connectivity index (χ4n) is 3.13. The Balaban J connectivity index is 2.08. The summed E-state index contributed by atoms with van der Waals surface area (Å²) in [6.07, 6.45) is 0. The summed E-state index contributed by atoms with van der Waals surface area (Å²) in [5.41, 5.74) is 1.79. The lowest BCUT2D eigenvalue weighted by Crippen LogP contribution is -2.15. The van der Waals surface area contributed by atoms with Crippen LogP contribution in [0, 0.1) is 0 Å². The highest BCUT2D eigenvalue weighted by Gasteiger charge is 2.42. The normalized spacial score (nSPS) is 19.7. The zero-order valence-corrected chi connectivity index (χ0v) is 14.0. The van der Waals surface area contributed by atoms with Gasteiger partial charge in [0.2, 0.25) is 0 Å². The van der Waals surface area contributed by atoms with Crippen molar-refractivity contribution < 1.29 is 4.57 Å². The maximum atomic E-state index is 14.2. The third-order valence-electron chi connectivity index (χ3n) is 4.17. The van der Waals surface area contributed by atoms with Gasteiger partial charge in [-0.2, -0.15) is 0 Å². The number of hydrogen-bond acceptors (Lipinski definition) is 1. The summed E-state index contributed by atoms with van der Waals surface area (Å²) in [5, 5.41) is 2.99. The molecule has 4 rings (SSSR count). The van der Waals surface area contributed by atoms with Crippen molar-refractivity contribution >= 4 is 39.7 Å². The number of hydrogen-bond donors (Lipinski definition) is 0. The van der Waals surface area contributed by atoms with Gasteiger partial charge >= 0.3 is 0 Å². The van der Waals surface area contributed by atoms with Crippen LogP contribution in [0.5, 0.6) is 0 Å². The van der Waals surface area contributed by atoms with E-state index in [9.17, 15) is 4.57 Å². The first kappa shape index (κ1) is 14.5. The minimum atomic E-state index is -2.95. The summed E-state index contributed by atoms with van der Waals surface area (Å²) in [6.45, 7) is 0. The molecule has 3 aromatic rings. The Kier molecular flexibility index (Phi) is 3.49. The lowest BCUT2D eigenvalue weighted by Gasteiger charge is -2.18. The lowest BCUT2D eigenvalue weighted by atomic mass is 10.1. The first-order chi connectivity index (χ1) is 11.2. The van der Waals surface area contributed by atoms with E-state index >= 15 is 0 Å². The van der Waals surface area contributed by atoms with Crippen LogP contribution >= 0.6 is 18.7 Å². The van der Waals surface area contributed by atoms with Crippen LogP contribution < -0.4 is 10.6 Å². The summed E-state index contributed by atoms with van der Waals surface area (Å²) in [4.78, 5) is 0. The molecule has 0 amide bonds. The first-order valence-electron chi connectivity index (χ1n) is 7.44. The molecule has 1 aliphatic heterocycles. The van der Waals surface area contributed by atoms with E-state index in [2.05, 4.69) is 0 Å². The molecule has 1 aliphatic rings. The van der Waals surface area contributed by atoms with Crippen molar-refractivity contribution in [3.05, 3.63) is 96.1 Å². The van der Waals surface area contributed by atoms with E-state index in [4.69, 9.17) is 11.6 Å². The van der Waals surface area contributed by atoms with E-state index in [0.29, 0.717) is 5.03 Å². The van der Waals surface area contributed by atoms with Gasteiger partial charge in [0.1, 0.15) is 0 Å². The Morgan fingerprint density at radius 3 is 1.96 bits per heavy atom. The van der Waals surface area contributed by atoms with Crippen LogP contribution in [0.4, 0.5) is 0 Å². The van der Waals surface area contributed by atoms with Crippen LogP contribution in [0.2, 0.25) is 0 Å². The van der Waals surface area contributed by atoms with Crippen LogP contribution in [0.1, 0.15) is 11.1 Å². The Hall–Kier alpha value is -2.08. The van der Waals surface area contributed by atoms with Crippen LogP contribution in [0.3, 0.4) is 0 Å². The summed E-state index contributed by atoms with van der Waals surface area (Å²) >= 11 is 6.68. The molecule has 0 aliphatic carbocycles. The van der Waals surface area contributed by atoms with Gasteiger partial charge in [0.15, 0.2) is 7.14 Å². The summed E-state index contributed by atoms with van der Waals surface area (Å²) in [7, 11) is -2.95. The van der Waals surface area contributed by atoms with E-state index < -0.39 is 7.14 Å². The fourth-order valence-corrected chi connectivity index (χ4v) is 6.93. The third kappa shape index (κ3) is 2.12. The zero-order valence-electron chi connectivity index (χ0n) is 12.3. The smallest absolute Gasteiger partial charge is 0.173 e. The molecule has 1 nitrogen and oxygen atoms in total. The molecule has 1 heterocycles. The molecule has 112 valence electrons. The highest BCUT2D eigenvalue weighted by atomic mass is 35.5. The van der Waals surface area contributed by atoms with Crippen molar-refractivity contribution in [2.45, 2.75) is 0 Å². The molecule has 0 spiro atoms. The van der Waals surface area contributed by atoms with E-state index in [1.54, 1.807) is 0 Å². The molecular weight excluding hydrogens is 323 g/mol. The quantitative estimate of drug-likeness (QED) is 0.596.